The smallest absolute Gasteiger partial charge is 0.255 e. The molecule has 0 aliphatic carbocycles. The topological polar surface area (TPSA) is 51.2 Å². The van der Waals surface area contributed by atoms with E-state index >= 15 is 0 Å². The van der Waals surface area contributed by atoms with E-state index in [1.807, 2.05) is 31.2 Å². The van der Waals surface area contributed by atoms with Crippen molar-refractivity contribution in [2.75, 3.05) is 12.4 Å². The van der Waals surface area contributed by atoms with Crippen LogP contribution < -0.4 is 10.1 Å². The second kappa shape index (κ2) is 6.39. The fourth-order valence-electron chi connectivity index (χ4n) is 1.85. The van der Waals surface area contributed by atoms with Crippen molar-refractivity contribution in [1.82, 2.24) is 4.98 Å². The van der Waals surface area contributed by atoms with E-state index in [1.165, 1.54) is 13.2 Å². The maximum absolute atomic E-state index is 12.2. The summed E-state index contributed by atoms with van der Waals surface area (Å²) in [5, 5.41) is 3.10. The summed E-state index contributed by atoms with van der Waals surface area (Å²) in [6, 6.07) is 10.7. The standard InChI is InChI=1S/C15H15ClN2O2/c1-3-10-6-4-5-7-12(10)17-15(19)11-8-13(16)18-14(9-11)20-2/h4-9H,3H2,1-2H3,(H,17,19). The van der Waals surface area contributed by atoms with Crippen molar-refractivity contribution in [3.8, 4) is 5.88 Å². The molecule has 0 bridgehead atoms. The average Bonchev–Trinajstić information content (AvgIpc) is 2.47. The quantitative estimate of drug-likeness (QED) is 0.876. The predicted molar refractivity (Wildman–Crippen MR) is 79.6 cm³/mol. The highest BCUT2D eigenvalue weighted by molar-refractivity contribution is 6.30. The molecule has 4 nitrogen and oxygen atoms in total. The van der Waals surface area contributed by atoms with Gasteiger partial charge in [-0.2, -0.15) is 0 Å². The van der Waals surface area contributed by atoms with Crippen molar-refractivity contribution in [3.63, 3.8) is 0 Å². The molecule has 0 spiro atoms. The van der Waals surface area contributed by atoms with Crippen LogP contribution in [0.5, 0.6) is 5.88 Å². The summed E-state index contributed by atoms with van der Waals surface area (Å²) in [5.41, 5.74) is 2.28. The van der Waals surface area contributed by atoms with Crippen LogP contribution in [0.4, 0.5) is 5.69 Å². The Bertz CT molecular complexity index is 629. The number of pyridine rings is 1. The number of anilines is 1. The van der Waals surface area contributed by atoms with Gasteiger partial charge in [-0.1, -0.05) is 36.7 Å². The van der Waals surface area contributed by atoms with E-state index in [1.54, 1.807) is 6.07 Å². The van der Waals surface area contributed by atoms with Gasteiger partial charge in [0.2, 0.25) is 5.88 Å². The van der Waals surface area contributed by atoms with E-state index < -0.39 is 0 Å². The molecule has 0 aliphatic heterocycles. The lowest BCUT2D eigenvalue weighted by Gasteiger charge is -2.10. The van der Waals surface area contributed by atoms with Gasteiger partial charge in [-0.05, 0) is 24.1 Å². The molecule has 1 N–H and O–H groups in total. The number of nitrogens with one attached hydrogen (secondary N) is 1. The van der Waals surface area contributed by atoms with Crippen LogP contribution in [0.25, 0.3) is 0 Å². The molecule has 5 heteroatoms. The average molecular weight is 291 g/mol. The van der Waals surface area contributed by atoms with Gasteiger partial charge >= 0.3 is 0 Å². The first kappa shape index (κ1) is 14.3. The lowest BCUT2D eigenvalue weighted by Crippen LogP contribution is -2.13. The Kier molecular flexibility index (Phi) is 4.58. The summed E-state index contributed by atoms with van der Waals surface area (Å²) in [6.07, 6.45) is 0.844. The Morgan fingerprint density at radius 1 is 1.35 bits per heavy atom. The minimum atomic E-state index is -0.242. The van der Waals surface area contributed by atoms with E-state index in [0.29, 0.717) is 11.4 Å². The number of carbonyl (C=O) groups is 1. The van der Waals surface area contributed by atoms with Crippen LogP contribution in [0.1, 0.15) is 22.8 Å². The Balaban J connectivity index is 2.26. The van der Waals surface area contributed by atoms with E-state index in [4.69, 9.17) is 16.3 Å². The van der Waals surface area contributed by atoms with Crippen molar-refractivity contribution in [2.24, 2.45) is 0 Å². The number of benzene rings is 1. The Hall–Kier alpha value is -2.07. The lowest BCUT2D eigenvalue weighted by molar-refractivity contribution is 0.102. The number of rotatable bonds is 4. The van der Waals surface area contributed by atoms with Crippen molar-refractivity contribution in [1.29, 1.82) is 0 Å². The van der Waals surface area contributed by atoms with Crippen molar-refractivity contribution in [3.05, 3.63) is 52.7 Å². The number of halogens is 1. The maximum Gasteiger partial charge on any atom is 0.255 e. The summed E-state index contributed by atoms with van der Waals surface area (Å²) in [4.78, 5) is 16.2. The highest BCUT2D eigenvalue weighted by Gasteiger charge is 2.11. The van der Waals surface area contributed by atoms with Gasteiger partial charge in [0.15, 0.2) is 0 Å². The summed E-state index contributed by atoms with van der Waals surface area (Å²) in [5.74, 6) is 0.0694. The van der Waals surface area contributed by atoms with Crippen LogP contribution in [-0.4, -0.2) is 18.0 Å². The van der Waals surface area contributed by atoms with Crippen LogP contribution in [0, 0.1) is 0 Å². The number of aromatic nitrogens is 1. The molecule has 20 heavy (non-hydrogen) atoms. The van der Waals surface area contributed by atoms with Gasteiger partial charge in [-0.25, -0.2) is 4.98 Å². The highest BCUT2D eigenvalue weighted by Crippen LogP contribution is 2.20. The SMILES string of the molecule is CCc1ccccc1NC(=O)c1cc(Cl)nc(OC)c1. The molecular weight excluding hydrogens is 276 g/mol. The normalized spacial score (nSPS) is 10.2. The van der Waals surface area contributed by atoms with E-state index in [9.17, 15) is 4.79 Å². The summed E-state index contributed by atoms with van der Waals surface area (Å²) < 4.78 is 5.01. The van der Waals surface area contributed by atoms with Gasteiger partial charge in [0.1, 0.15) is 5.15 Å². The summed E-state index contributed by atoms with van der Waals surface area (Å²) in [7, 11) is 1.48. The van der Waals surface area contributed by atoms with Crippen LogP contribution in [0.2, 0.25) is 5.15 Å². The molecule has 1 aromatic carbocycles. The fraction of sp³-hybridized carbons (Fsp3) is 0.200. The molecule has 0 saturated carbocycles. The third kappa shape index (κ3) is 3.27. The monoisotopic (exact) mass is 290 g/mol. The highest BCUT2D eigenvalue weighted by atomic mass is 35.5. The van der Waals surface area contributed by atoms with Crippen molar-refractivity contribution >= 4 is 23.2 Å². The Morgan fingerprint density at radius 3 is 2.80 bits per heavy atom. The van der Waals surface area contributed by atoms with Gasteiger partial charge in [0.25, 0.3) is 5.91 Å². The van der Waals surface area contributed by atoms with Crippen molar-refractivity contribution in [2.45, 2.75) is 13.3 Å². The van der Waals surface area contributed by atoms with Gasteiger partial charge in [0.05, 0.1) is 7.11 Å². The number of hydrogen-bond donors (Lipinski definition) is 1. The number of nitrogens with zero attached hydrogens (tertiary/aromatic N) is 1. The number of para-hydroxylation sites is 1. The zero-order chi connectivity index (χ0) is 14.5. The summed E-state index contributed by atoms with van der Waals surface area (Å²) >= 11 is 5.86. The molecule has 0 unspecified atom stereocenters. The first-order valence-corrected chi connectivity index (χ1v) is 6.62. The Morgan fingerprint density at radius 2 is 2.10 bits per heavy atom. The minimum absolute atomic E-state index is 0.221. The molecule has 2 aromatic rings. The molecule has 0 radical (unpaired) electrons. The van der Waals surface area contributed by atoms with Gasteiger partial charge < -0.3 is 10.1 Å². The molecule has 0 saturated heterocycles. The van der Waals surface area contributed by atoms with E-state index in [-0.39, 0.29) is 11.1 Å². The second-order valence-electron chi connectivity index (χ2n) is 4.19. The predicted octanol–water partition coefficient (Wildman–Crippen LogP) is 3.56. The van der Waals surface area contributed by atoms with Crippen LogP contribution in [0.15, 0.2) is 36.4 Å². The second-order valence-corrected chi connectivity index (χ2v) is 4.57. The minimum Gasteiger partial charge on any atom is -0.481 e. The maximum atomic E-state index is 12.2. The van der Waals surface area contributed by atoms with Gasteiger partial charge in [0, 0.05) is 17.3 Å². The molecule has 2 rings (SSSR count). The molecule has 1 amide bonds. The zero-order valence-electron chi connectivity index (χ0n) is 11.3. The first-order chi connectivity index (χ1) is 9.63. The number of methoxy groups -OCH3 is 1. The van der Waals surface area contributed by atoms with E-state index in [0.717, 1.165) is 17.7 Å². The van der Waals surface area contributed by atoms with E-state index in [2.05, 4.69) is 10.3 Å². The molecule has 1 heterocycles. The van der Waals surface area contributed by atoms with Gasteiger partial charge in [-0.15, -0.1) is 0 Å². The molecule has 104 valence electrons. The third-order valence-corrected chi connectivity index (χ3v) is 3.08. The van der Waals surface area contributed by atoms with Gasteiger partial charge in [-0.3, -0.25) is 4.79 Å². The molecular formula is C15H15ClN2O2. The molecule has 0 atom stereocenters. The van der Waals surface area contributed by atoms with Crippen LogP contribution in [0.3, 0.4) is 0 Å². The largest absolute Gasteiger partial charge is 0.481 e. The number of ether oxygens (including phenoxy) is 1. The summed E-state index contributed by atoms with van der Waals surface area (Å²) in [6.45, 7) is 2.04. The fourth-order valence-corrected chi connectivity index (χ4v) is 2.05. The van der Waals surface area contributed by atoms with Crippen LogP contribution >= 0.6 is 11.6 Å². The zero-order valence-corrected chi connectivity index (χ0v) is 12.1. The van der Waals surface area contributed by atoms with Crippen molar-refractivity contribution < 1.29 is 9.53 Å². The number of hydrogen-bond acceptors (Lipinski definition) is 3. The molecule has 0 aliphatic rings. The number of amides is 1. The molecule has 1 aromatic heterocycles. The van der Waals surface area contributed by atoms with Crippen LogP contribution in [-0.2, 0) is 6.42 Å². The number of aryl methyl sites for hydroxylation is 1. The Labute approximate surface area is 122 Å². The lowest BCUT2D eigenvalue weighted by atomic mass is 10.1. The molecule has 0 fully saturated rings. The first-order valence-electron chi connectivity index (χ1n) is 6.25. The third-order valence-electron chi connectivity index (χ3n) is 2.89. The number of carbonyl (C=O) groups excluding carboxylic acids is 1.